The number of hydrogen-bond donors (Lipinski definition) is 1. The van der Waals surface area contributed by atoms with E-state index in [1.807, 2.05) is 34.9 Å². The third-order valence-electron chi connectivity index (χ3n) is 6.14. The van der Waals surface area contributed by atoms with Crippen molar-refractivity contribution >= 4 is 29.1 Å². The molecule has 1 unspecified atom stereocenters. The number of benzene rings is 2. The Morgan fingerprint density at radius 1 is 1.03 bits per heavy atom. The lowest BCUT2D eigenvalue weighted by Gasteiger charge is -2.32. The van der Waals surface area contributed by atoms with Gasteiger partial charge in [0.05, 0.1) is 5.92 Å². The Bertz CT molecular complexity index is 970. The summed E-state index contributed by atoms with van der Waals surface area (Å²) in [6, 6.07) is 15.1. The van der Waals surface area contributed by atoms with Crippen molar-refractivity contribution in [3.8, 4) is 0 Å². The number of nitrogens with one attached hydrogen (secondary N) is 1. The highest BCUT2D eigenvalue weighted by Gasteiger charge is 2.28. The maximum absolute atomic E-state index is 12.9. The van der Waals surface area contributed by atoms with Gasteiger partial charge in [-0.1, -0.05) is 25.1 Å². The molecule has 4 rings (SSSR count). The number of anilines is 2. The van der Waals surface area contributed by atoms with E-state index >= 15 is 0 Å². The molecule has 31 heavy (non-hydrogen) atoms. The summed E-state index contributed by atoms with van der Waals surface area (Å²) in [6.45, 7) is 3.89. The molecule has 2 heterocycles. The van der Waals surface area contributed by atoms with Gasteiger partial charge < -0.3 is 15.1 Å². The summed E-state index contributed by atoms with van der Waals surface area (Å²) in [6.07, 6.45) is 3.85. The zero-order valence-electron chi connectivity index (χ0n) is 18.0. The second kappa shape index (κ2) is 9.33. The number of rotatable bonds is 5. The Kier molecular flexibility index (Phi) is 6.35. The maximum Gasteiger partial charge on any atom is 0.258 e. The molecule has 0 aromatic heterocycles. The molecule has 0 bridgehead atoms. The molecule has 0 aliphatic carbocycles. The van der Waals surface area contributed by atoms with Crippen LogP contribution in [0.15, 0.2) is 48.5 Å². The molecular formula is C25H29N3O3. The molecule has 2 aliphatic rings. The van der Waals surface area contributed by atoms with Crippen LogP contribution in [-0.4, -0.2) is 42.3 Å². The Morgan fingerprint density at radius 2 is 1.81 bits per heavy atom. The summed E-state index contributed by atoms with van der Waals surface area (Å²) in [5.41, 5.74) is 3.44. The lowest BCUT2D eigenvalue weighted by molar-refractivity contribution is -0.134. The molecular weight excluding hydrogens is 390 g/mol. The summed E-state index contributed by atoms with van der Waals surface area (Å²) in [4.78, 5) is 41.5. The summed E-state index contributed by atoms with van der Waals surface area (Å²) in [5, 5.41) is 2.95. The maximum atomic E-state index is 12.9. The highest BCUT2D eigenvalue weighted by Crippen LogP contribution is 2.29. The monoisotopic (exact) mass is 419 g/mol. The lowest BCUT2D eigenvalue weighted by Crippen LogP contribution is -2.43. The van der Waals surface area contributed by atoms with Crippen molar-refractivity contribution in [1.82, 2.24) is 4.90 Å². The molecule has 1 atom stereocenters. The molecule has 3 amide bonds. The largest absolute Gasteiger partial charge is 0.342 e. The number of likely N-dealkylation sites (tertiary alicyclic amines) is 1. The van der Waals surface area contributed by atoms with Crippen LogP contribution in [0.25, 0.3) is 0 Å². The molecule has 6 nitrogen and oxygen atoms in total. The Balaban J connectivity index is 1.37. The van der Waals surface area contributed by atoms with Crippen LogP contribution in [-0.2, 0) is 16.0 Å². The van der Waals surface area contributed by atoms with Crippen LogP contribution in [0.3, 0.4) is 0 Å². The number of hydrogen-bond acceptors (Lipinski definition) is 3. The van der Waals surface area contributed by atoms with E-state index in [-0.39, 0.29) is 23.6 Å². The molecule has 2 aromatic carbocycles. The van der Waals surface area contributed by atoms with E-state index in [1.54, 1.807) is 24.3 Å². The molecule has 0 saturated carbocycles. The zero-order valence-corrected chi connectivity index (χ0v) is 18.0. The van der Waals surface area contributed by atoms with E-state index in [1.165, 1.54) is 5.56 Å². The molecule has 6 heteroatoms. The standard InChI is InChI=1S/C25H29N3O3/c1-2-6-23(29)27-15-5-8-20(17-27)24(30)26-21-12-10-19(11-13-21)25(31)28-16-14-18-7-3-4-9-22(18)28/h3-4,7,9-13,20H,2,5-6,8,14-17H2,1H3,(H,26,30). The van der Waals surface area contributed by atoms with Crippen LogP contribution in [0.5, 0.6) is 0 Å². The molecule has 1 fully saturated rings. The van der Waals surface area contributed by atoms with Crippen LogP contribution >= 0.6 is 0 Å². The summed E-state index contributed by atoms with van der Waals surface area (Å²) >= 11 is 0. The molecule has 0 spiro atoms. The van der Waals surface area contributed by atoms with Gasteiger partial charge >= 0.3 is 0 Å². The molecule has 0 radical (unpaired) electrons. The summed E-state index contributed by atoms with van der Waals surface area (Å²) in [5.74, 6) is -0.162. The van der Waals surface area contributed by atoms with E-state index in [0.717, 1.165) is 37.9 Å². The highest BCUT2D eigenvalue weighted by atomic mass is 16.2. The van der Waals surface area contributed by atoms with Crippen LogP contribution < -0.4 is 10.2 Å². The van der Waals surface area contributed by atoms with Crippen molar-refractivity contribution in [2.24, 2.45) is 5.92 Å². The van der Waals surface area contributed by atoms with Crippen molar-refractivity contribution in [2.75, 3.05) is 29.9 Å². The lowest BCUT2D eigenvalue weighted by atomic mass is 9.96. The van der Waals surface area contributed by atoms with E-state index < -0.39 is 0 Å². The predicted molar refractivity (Wildman–Crippen MR) is 121 cm³/mol. The van der Waals surface area contributed by atoms with Crippen molar-refractivity contribution in [3.63, 3.8) is 0 Å². The van der Waals surface area contributed by atoms with Gasteiger partial charge in [0.25, 0.3) is 5.91 Å². The van der Waals surface area contributed by atoms with Gasteiger partial charge in [-0.2, -0.15) is 0 Å². The van der Waals surface area contributed by atoms with Gasteiger partial charge in [-0.05, 0) is 61.6 Å². The van der Waals surface area contributed by atoms with Crippen LogP contribution in [0.4, 0.5) is 11.4 Å². The summed E-state index contributed by atoms with van der Waals surface area (Å²) < 4.78 is 0. The van der Waals surface area contributed by atoms with E-state index in [4.69, 9.17) is 0 Å². The first-order valence-electron chi connectivity index (χ1n) is 11.1. The minimum Gasteiger partial charge on any atom is -0.342 e. The minimum atomic E-state index is -0.197. The normalized spacial score (nSPS) is 17.9. The number of piperidine rings is 1. The fourth-order valence-electron chi connectivity index (χ4n) is 4.44. The van der Waals surface area contributed by atoms with Crippen LogP contribution in [0.1, 0.15) is 48.5 Å². The predicted octanol–water partition coefficient (Wildman–Crippen LogP) is 3.87. The van der Waals surface area contributed by atoms with Crippen molar-refractivity contribution in [3.05, 3.63) is 59.7 Å². The quantitative estimate of drug-likeness (QED) is 0.800. The fraction of sp³-hybridized carbons (Fsp3) is 0.400. The average Bonchev–Trinajstić information content (AvgIpc) is 3.23. The zero-order chi connectivity index (χ0) is 21.8. The second-order valence-corrected chi connectivity index (χ2v) is 8.33. The first kappa shape index (κ1) is 21.1. The second-order valence-electron chi connectivity index (χ2n) is 8.33. The van der Waals surface area contributed by atoms with Crippen LogP contribution in [0, 0.1) is 5.92 Å². The van der Waals surface area contributed by atoms with Gasteiger partial charge in [-0.3, -0.25) is 14.4 Å². The van der Waals surface area contributed by atoms with Gasteiger partial charge in [0.15, 0.2) is 0 Å². The number of amides is 3. The molecule has 2 aliphatic heterocycles. The topological polar surface area (TPSA) is 69.7 Å². The van der Waals surface area contributed by atoms with E-state index in [0.29, 0.717) is 30.8 Å². The van der Waals surface area contributed by atoms with Crippen molar-refractivity contribution in [2.45, 2.75) is 39.0 Å². The number of carbonyl (C=O) groups is 3. The molecule has 1 N–H and O–H groups in total. The first-order valence-corrected chi connectivity index (χ1v) is 11.1. The number of para-hydroxylation sites is 1. The smallest absolute Gasteiger partial charge is 0.258 e. The minimum absolute atomic E-state index is 0.0276. The molecule has 1 saturated heterocycles. The number of fused-ring (bicyclic) bond motifs is 1. The average molecular weight is 420 g/mol. The van der Waals surface area contributed by atoms with Crippen molar-refractivity contribution < 1.29 is 14.4 Å². The Morgan fingerprint density at radius 3 is 2.58 bits per heavy atom. The SMILES string of the molecule is CCCC(=O)N1CCCC(C(=O)Nc2ccc(C(=O)N3CCc4ccccc43)cc2)C1. The number of carbonyl (C=O) groups excluding carboxylic acids is 3. The van der Waals surface area contributed by atoms with E-state index in [2.05, 4.69) is 11.4 Å². The Labute approximate surface area is 183 Å². The first-order chi connectivity index (χ1) is 15.1. The fourth-order valence-corrected chi connectivity index (χ4v) is 4.44. The van der Waals surface area contributed by atoms with Gasteiger partial charge in [0.1, 0.15) is 0 Å². The Hall–Kier alpha value is -3.15. The molecule has 2 aromatic rings. The van der Waals surface area contributed by atoms with Gasteiger partial charge in [0, 0.05) is 43.0 Å². The molecule has 162 valence electrons. The third-order valence-corrected chi connectivity index (χ3v) is 6.14. The van der Waals surface area contributed by atoms with Gasteiger partial charge in [0.2, 0.25) is 11.8 Å². The van der Waals surface area contributed by atoms with Crippen molar-refractivity contribution in [1.29, 1.82) is 0 Å². The van der Waals surface area contributed by atoms with Gasteiger partial charge in [-0.25, -0.2) is 0 Å². The van der Waals surface area contributed by atoms with E-state index in [9.17, 15) is 14.4 Å². The number of nitrogens with zero attached hydrogens (tertiary/aromatic N) is 2. The third kappa shape index (κ3) is 4.63. The van der Waals surface area contributed by atoms with Gasteiger partial charge in [-0.15, -0.1) is 0 Å². The van der Waals surface area contributed by atoms with Crippen LogP contribution in [0.2, 0.25) is 0 Å². The summed E-state index contributed by atoms with van der Waals surface area (Å²) in [7, 11) is 0. The highest BCUT2D eigenvalue weighted by molar-refractivity contribution is 6.07.